The molecule has 0 aliphatic rings. The first kappa shape index (κ1) is 23.8. The van der Waals surface area contributed by atoms with Gasteiger partial charge in [0.1, 0.15) is 5.78 Å². The summed E-state index contributed by atoms with van der Waals surface area (Å²) < 4.78 is 31.1. The largest absolute Gasteiger partial charge is 1.00 e. The van der Waals surface area contributed by atoms with E-state index in [0.29, 0.717) is 6.42 Å². The van der Waals surface area contributed by atoms with Crippen LogP contribution in [0.25, 0.3) is 0 Å². The van der Waals surface area contributed by atoms with Gasteiger partial charge in [-0.15, -0.1) is 0 Å². The van der Waals surface area contributed by atoms with Crippen LogP contribution in [0, 0.1) is 0 Å². The van der Waals surface area contributed by atoms with E-state index in [1.165, 1.54) is 32.1 Å². The summed E-state index contributed by atoms with van der Waals surface area (Å²) in [5, 5.41) is 0. The van der Waals surface area contributed by atoms with Gasteiger partial charge >= 0.3 is 29.6 Å². The van der Waals surface area contributed by atoms with Gasteiger partial charge in [0.15, 0.2) is 0 Å². The van der Waals surface area contributed by atoms with Gasteiger partial charge in [-0.2, -0.15) is 0 Å². The average Bonchev–Trinajstić information content (AvgIpc) is 2.33. The Morgan fingerprint density at radius 2 is 1.10 bits per heavy atom. The number of ketones is 1. The summed E-state index contributed by atoms with van der Waals surface area (Å²) in [5.74, 6) is 0.0718. The Hall–Kier alpha value is 0.580. The molecule has 4 nitrogen and oxygen atoms in total. The van der Waals surface area contributed by atoms with Gasteiger partial charge in [0, 0.05) is 12.2 Å². The SMILES string of the molecule is CC(=O)CCCCCCCCCCCCCS(=O)(=O)[O-].[Na+]. The molecule has 0 rings (SSSR count). The molecule has 120 valence electrons. The number of Topliss-reactive ketones (excluding diaryl/α,β-unsaturated/α-hetero) is 1. The maximum Gasteiger partial charge on any atom is 1.00 e. The fraction of sp³-hybridized carbons (Fsp3) is 0.933. The Morgan fingerprint density at radius 3 is 1.43 bits per heavy atom. The quantitative estimate of drug-likeness (QED) is 0.269. The van der Waals surface area contributed by atoms with Crippen molar-refractivity contribution in [3.63, 3.8) is 0 Å². The number of hydrogen-bond donors (Lipinski definition) is 0. The monoisotopic (exact) mass is 328 g/mol. The summed E-state index contributed by atoms with van der Waals surface area (Å²) in [4.78, 5) is 10.7. The van der Waals surface area contributed by atoms with Crippen LogP contribution >= 0.6 is 0 Å². The minimum atomic E-state index is -4.01. The van der Waals surface area contributed by atoms with Crippen LogP contribution in [0.4, 0.5) is 0 Å². The zero-order valence-corrected chi connectivity index (χ0v) is 16.6. The molecule has 6 heteroatoms. The zero-order valence-electron chi connectivity index (χ0n) is 13.7. The Bertz CT molecular complexity index is 342. The molecule has 21 heavy (non-hydrogen) atoms. The minimum Gasteiger partial charge on any atom is -0.748 e. The Kier molecular flexibility index (Phi) is 17.6. The molecular formula is C15H29NaO4S. The van der Waals surface area contributed by atoms with Crippen molar-refractivity contribution in [1.29, 1.82) is 0 Å². The second-order valence-electron chi connectivity index (χ2n) is 5.60. The van der Waals surface area contributed by atoms with E-state index in [4.69, 9.17) is 0 Å². The first-order valence-electron chi connectivity index (χ1n) is 7.85. The molecule has 0 heterocycles. The fourth-order valence-electron chi connectivity index (χ4n) is 2.24. The van der Waals surface area contributed by atoms with Crippen molar-refractivity contribution in [2.24, 2.45) is 0 Å². The van der Waals surface area contributed by atoms with Crippen LogP contribution < -0.4 is 29.6 Å². The van der Waals surface area contributed by atoms with Crippen LogP contribution in [0.5, 0.6) is 0 Å². The summed E-state index contributed by atoms with van der Waals surface area (Å²) in [5.41, 5.74) is 0. The van der Waals surface area contributed by atoms with E-state index in [2.05, 4.69) is 0 Å². The Labute approximate surface area is 152 Å². The van der Waals surface area contributed by atoms with Crippen LogP contribution in [0.1, 0.15) is 84.0 Å². The van der Waals surface area contributed by atoms with Crippen molar-refractivity contribution in [3.05, 3.63) is 0 Å². The molecule has 0 aromatic rings. The topological polar surface area (TPSA) is 74.3 Å². The third kappa shape index (κ3) is 23.0. The molecule has 0 bridgehead atoms. The molecule has 0 aromatic carbocycles. The van der Waals surface area contributed by atoms with Crippen LogP contribution in [0.3, 0.4) is 0 Å². The average molecular weight is 328 g/mol. The maximum atomic E-state index is 10.7. The Balaban J connectivity index is 0. The second-order valence-corrected chi connectivity index (χ2v) is 7.13. The summed E-state index contributed by atoms with van der Waals surface area (Å²) in [7, 11) is -4.01. The van der Waals surface area contributed by atoms with E-state index in [0.717, 1.165) is 38.5 Å². The summed E-state index contributed by atoms with van der Waals surface area (Å²) in [6, 6.07) is 0. The number of unbranched alkanes of at least 4 members (excludes halogenated alkanes) is 10. The third-order valence-corrected chi connectivity index (χ3v) is 4.21. The van der Waals surface area contributed by atoms with Gasteiger partial charge in [-0.3, -0.25) is 0 Å². The summed E-state index contributed by atoms with van der Waals surface area (Å²) in [6.07, 6.45) is 12.5. The van der Waals surface area contributed by atoms with Crippen LogP contribution in [-0.2, 0) is 14.9 Å². The van der Waals surface area contributed by atoms with Gasteiger partial charge < -0.3 is 9.35 Å². The van der Waals surface area contributed by atoms with Crippen molar-refractivity contribution in [2.75, 3.05) is 5.75 Å². The van der Waals surface area contributed by atoms with Crippen LogP contribution in [0.15, 0.2) is 0 Å². The fourth-order valence-corrected chi connectivity index (χ4v) is 2.80. The molecule has 0 saturated heterocycles. The molecule has 0 aromatic heterocycles. The molecule has 0 spiro atoms. The maximum absolute atomic E-state index is 10.7. The summed E-state index contributed by atoms with van der Waals surface area (Å²) >= 11 is 0. The predicted octanol–water partition coefficient (Wildman–Crippen LogP) is 0.806. The van der Waals surface area contributed by atoms with Crippen molar-refractivity contribution in [3.8, 4) is 0 Å². The van der Waals surface area contributed by atoms with Gasteiger partial charge in [-0.1, -0.05) is 57.8 Å². The molecule has 0 radical (unpaired) electrons. The number of hydrogen-bond acceptors (Lipinski definition) is 4. The standard InChI is InChI=1S/C15H30O4S.Na/c1-15(16)13-11-9-7-5-3-2-4-6-8-10-12-14-20(17,18)19;/h2-14H2,1H3,(H,17,18,19);/q;+1/p-1. The van der Waals surface area contributed by atoms with E-state index in [1.807, 2.05) is 0 Å². The van der Waals surface area contributed by atoms with Crippen LogP contribution in [0.2, 0.25) is 0 Å². The third-order valence-electron chi connectivity index (χ3n) is 3.42. The van der Waals surface area contributed by atoms with E-state index in [9.17, 15) is 17.8 Å². The minimum absolute atomic E-state index is 0. The number of carbonyl (C=O) groups excluding carboxylic acids is 1. The summed E-state index contributed by atoms with van der Waals surface area (Å²) in [6.45, 7) is 1.65. The predicted molar refractivity (Wildman–Crippen MR) is 80.6 cm³/mol. The number of rotatable bonds is 14. The van der Waals surface area contributed by atoms with E-state index >= 15 is 0 Å². The first-order valence-corrected chi connectivity index (χ1v) is 9.42. The first-order chi connectivity index (χ1) is 9.42. The molecule has 0 atom stereocenters. The van der Waals surface area contributed by atoms with Gasteiger partial charge in [0.2, 0.25) is 0 Å². The Morgan fingerprint density at radius 1 is 0.762 bits per heavy atom. The normalized spacial score (nSPS) is 11.1. The van der Waals surface area contributed by atoms with Gasteiger partial charge in [-0.25, -0.2) is 8.42 Å². The molecule has 0 aliphatic heterocycles. The molecule has 0 fully saturated rings. The second kappa shape index (κ2) is 15.5. The molecule has 0 aliphatic carbocycles. The van der Waals surface area contributed by atoms with E-state index < -0.39 is 10.1 Å². The van der Waals surface area contributed by atoms with E-state index in [1.54, 1.807) is 6.92 Å². The van der Waals surface area contributed by atoms with Crippen molar-refractivity contribution >= 4 is 15.9 Å². The molecule has 0 saturated carbocycles. The van der Waals surface area contributed by atoms with Gasteiger partial charge in [0.05, 0.1) is 10.1 Å². The molecule has 0 N–H and O–H groups in total. The smallest absolute Gasteiger partial charge is 0.748 e. The molecular weight excluding hydrogens is 299 g/mol. The van der Waals surface area contributed by atoms with Gasteiger partial charge in [-0.05, 0) is 19.8 Å². The molecule has 0 amide bonds. The zero-order chi connectivity index (χ0) is 15.3. The van der Waals surface area contributed by atoms with Crippen LogP contribution in [-0.4, -0.2) is 24.5 Å². The van der Waals surface area contributed by atoms with Crippen molar-refractivity contribution < 1.29 is 47.3 Å². The van der Waals surface area contributed by atoms with Crippen molar-refractivity contribution in [1.82, 2.24) is 0 Å². The number of carbonyl (C=O) groups is 1. The van der Waals surface area contributed by atoms with E-state index in [-0.39, 0.29) is 41.1 Å². The van der Waals surface area contributed by atoms with Crippen molar-refractivity contribution in [2.45, 2.75) is 84.0 Å². The van der Waals surface area contributed by atoms with Gasteiger partial charge in [0.25, 0.3) is 0 Å². The molecule has 0 unspecified atom stereocenters.